The third-order valence-electron chi connectivity index (χ3n) is 2.83. The number of hydrogen-bond acceptors (Lipinski definition) is 3. The van der Waals surface area contributed by atoms with E-state index in [-0.39, 0.29) is 5.91 Å². The van der Waals surface area contributed by atoms with Crippen LogP contribution in [0.1, 0.15) is 23.2 Å². The van der Waals surface area contributed by atoms with Crippen LogP contribution in [0.2, 0.25) is 0 Å². The Labute approximate surface area is 97.5 Å². The molecule has 2 heterocycles. The minimum atomic E-state index is -0.803. The topological polar surface area (TPSA) is 57.6 Å². The first-order chi connectivity index (χ1) is 7.68. The minimum absolute atomic E-state index is 0.0489. The van der Waals surface area contributed by atoms with Crippen LogP contribution in [0.4, 0.5) is 0 Å². The molecule has 0 radical (unpaired) electrons. The highest BCUT2D eigenvalue weighted by Crippen LogP contribution is 2.19. The van der Waals surface area contributed by atoms with Gasteiger partial charge in [-0.25, -0.2) is 0 Å². The zero-order chi connectivity index (χ0) is 11.5. The normalized spacial score (nSPS) is 20.8. The van der Waals surface area contributed by atoms with Crippen LogP contribution in [0.3, 0.4) is 0 Å². The Balaban J connectivity index is 2.05. The van der Waals surface area contributed by atoms with E-state index in [0.29, 0.717) is 25.1 Å². The molecule has 4 nitrogen and oxygen atoms in total. The van der Waals surface area contributed by atoms with Gasteiger partial charge in [0, 0.05) is 18.5 Å². The van der Waals surface area contributed by atoms with Crippen LogP contribution in [-0.2, 0) is 4.79 Å². The first kappa shape index (κ1) is 11.1. The lowest BCUT2D eigenvalue weighted by atomic mass is 9.98. The molecule has 1 aliphatic rings. The summed E-state index contributed by atoms with van der Waals surface area (Å²) in [7, 11) is 0. The van der Waals surface area contributed by atoms with Gasteiger partial charge >= 0.3 is 5.97 Å². The number of thiophene rings is 1. The summed E-state index contributed by atoms with van der Waals surface area (Å²) in [5, 5.41) is 12.6. The number of carbonyl (C=O) groups excluding carboxylic acids is 1. The molecule has 5 heteroatoms. The van der Waals surface area contributed by atoms with E-state index in [1.54, 1.807) is 16.3 Å². The molecule has 1 N–H and O–H groups in total. The molecule has 0 bridgehead atoms. The summed E-state index contributed by atoms with van der Waals surface area (Å²) in [5.41, 5.74) is 0.663. The highest BCUT2D eigenvalue weighted by molar-refractivity contribution is 7.08. The fourth-order valence-corrected chi connectivity index (χ4v) is 2.56. The number of amides is 1. The van der Waals surface area contributed by atoms with E-state index in [1.165, 1.54) is 11.3 Å². The zero-order valence-electron chi connectivity index (χ0n) is 8.76. The highest BCUT2D eigenvalue weighted by atomic mass is 32.1. The minimum Gasteiger partial charge on any atom is -0.481 e. The molecule has 0 spiro atoms. The van der Waals surface area contributed by atoms with Crippen molar-refractivity contribution in [1.82, 2.24) is 4.90 Å². The molecule has 1 unspecified atom stereocenters. The number of carboxylic acid groups (broad SMARTS) is 1. The molecule has 2 rings (SSSR count). The Kier molecular flexibility index (Phi) is 3.24. The van der Waals surface area contributed by atoms with Crippen LogP contribution in [0, 0.1) is 5.92 Å². The molecule has 0 aliphatic carbocycles. The average molecular weight is 239 g/mol. The van der Waals surface area contributed by atoms with Crippen LogP contribution in [0.15, 0.2) is 16.8 Å². The molecule has 1 aliphatic heterocycles. The van der Waals surface area contributed by atoms with Crippen LogP contribution in [-0.4, -0.2) is 35.0 Å². The number of nitrogens with zero attached hydrogens (tertiary/aromatic N) is 1. The van der Waals surface area contributed by atoms with Gasteiger partial charge in [0.25, 0.3) is 5.91 Å². The van der Waals surface area contributed by atoms with Crippen molar-refractivity contribution >= 4 is 23.2 Å². The number of aliphatic carboxylic acids is 1. The van der Waals surface area contributed by atoms with E-state index in [4.69, 9.17) is 5.11 Å². The fraction of sp³-hybridized carbons (Fsp3) is 0.455. The van der Waals surface area contributed by atoms with Gasteiger partial charge in [-0.05, 0) is 24.3 Å². The molecule has 1 aromatic heterocycles. The first-order valence-electron chi connectivity index (χ1n) is 5.23. The molecule has 1 saturated heterocycles. The number of rotatable bonds is 2. The van der Waals surface area contributed by atoms with Crippen LogP contribution >= 0.6 is 11.3 Å². The van der Waals surface area contributed by atoms with E-state index < -0.39 is 11.9 Å². The van der Waals surface area contributed by atoms with E-state index in [1.807, 2.05) is 5.38 Å². The van der Waals surface area contributed by atoms with E-state index in [0.717, 1.165) is 6.42 Å². The summed E-state index contributed by atoms with van der Waals surface area (Å²) in [5.74, 6) is -1.26. The van der Waals surface area contributed by atoms with Gasteiger partial charge in [0.05, 0.1) is 11.5 Å². The number of hydrogen-bond donors (Lipinski definition) is 1. The quantitative estimate of drug-likeness (QED) is 0.854. The van der Waals surface area contributed by atoms with E-state index >= 15 is 0 Å². The smallest absolute Gasteiger partial charge is 0.308 e. The monoisotopic (exact) mass is 239 g/mol. The maximum atomic E-state index is 12.0. The van der Waals surface area contributed by atoms with Gasteiger partial charge in [-0.1, -0.05) is 0 Å². The van der Waals surface area contributed by atoms with Gasteiger partial charge in [-0.15, -0.1) is 0 Å². The van der Waals surface area contributed by atoms with Crippen LogP contribution in [0.5, 0.6) is 0 Å². The standard InChI is InChI=1S/C11H13NO3S/c13-10(9-3-5-16-7-9)12-4-1-2-8(6-12)11(14)15/h3,5,7-8H,1-2,4,6H2,(H,14,15). The van der Waals surface area contributed by atoms with Crippen molar-refractivity contribution in [3.05, 3.63) is 22.4 Å². The number of likely N-dealkylation sites (tertiary alicyclic amines) is 1. The summed E-state index contributed by atoms with van der Waals surface area (Å²) < 4.78 is 0. The van der Waals surface area contributed by atoms with Crippen LogP contribution < -0.4 is 0 Å². The second kappa shape index (κ2) is 4.65. The Hall–Kier alpha value is -1.36. The summed E-state index contributed by atoms with van der Waals surface area (Å²) in [4.78, 5) is 24.5. The molecule has 1 aromatic rings. The SMILES string of the molecule is O=C(O)C1CCCN(C(=O)c2ccsc2)C1. The largest absolute Gasteiger partial charge is 0.481 e. The van der Waals surface area contributed by atoms with Crippen molar-refractivity contribution in [3.63, 3.8) is 0 Å². The summed E-state index contributed by atoms with van der Waals surface area (Å²) >= 11 is 1.48. The molecule has 0 aromatic carbocycles. The van der Waals surface area contributed by atoms with Gasteiger partial charge in [0.1, 0.15) is 0 Å². The molecule has 16 heavy (non-hydrogen) atoms. The lowest BCUT2D eigenvalue weighted by molar-refractivity contribution is -0.143. The average Bonchev–Trinajstić information content (AvgIpc) is 2.81. The van der Waals surface area contributed by atoms with E-state index in [9.17, 15) is 9.59 Å². The third-order valence-corrected chi connectivity index (χ3v) is 3.51. The van der Waals surface area contributed by atoms with Gasteiger partial charge in [0.15, 0.2) is 0 Å². The number of carboxylic acids is 1. The van der Waals surface area contributed by atoms with Gasteiger partial charge in [-0.2, -0.15) is 11.3 Å². The third kappa shape index (κ3) is 2.24. The summed E-state index contributed by atoms with van der Waals surface area (Å²) in [6.45, 7) is 1.00. The predicted octanol–water partition coefficient (Wildman–Crippen LogP) is 1.68. The van der Waals surface area contributed by atoms with Crippen molar-refractivity contribution in [3.8, 4) is 0 Å². The van der Waals surface area contributed by atoms with Crippen molar-refractivity contribution < 1.29 is 14.7 Å². The summed E-state index contributed by atoms with van der Waals surface area (Å²) in [6, 6.07) is 1.78. The van der Waals surface area contributed by atoms with E-state index in [2.05, 4.69) is 0 Å². The Morgan fingerprint density at radius 3 is 2.94 bits per heavy atom. The molecule has 1 amide bonds. The lowest BCUT2D eigenvalue weighted by Gasteiger charge is -2.30. The van der Waals surface area contributed by atoms with Gasteiger partial charge < -0.3 is 10.0 Å². The van der Waals surface area contributed by atoms with Gasteiger partial charge in [0.2, 0.25) is 0 Å². The summed E-state index contributed by atoms with van der Waals surface area (Å²) in [6.07, 6.45) is 1.44. The van der Waals surface area contributed by atoms with Crippen molar-refractivity contribution in [2.45, 2.75) is 12.8 Å². The predicted molar refractivity (Wildman–Crippen MR) is 60.6 cm³/mol. The van der Waals surface area contributed by atoms with Crippen molar-refractivity contribution in [2.24, 2.45) is 5.92 Å². The zero-order valence-corrected chi connectivity index (χ0v) is 9.57. The Morgan fingerprint density at radius 2 is 2.31 bits per heavy atom. The molecule has 1 atom stereocenters. The molecular weight excluding hydrogens is 226 g/mol. The maximum absolute atomic E-state index is 12.0. The Morgan fingerprint density at radius 1 is 1.50 bits per heavy atom. The van der Waals surface area contributed by atoms with Crippen molar-refractivity contribution in [1.29, 1.82) is 0 Å². The number of carbonyl (C=O) groups is 2. The molecule has 86 valence electrons. The maximum Gasteiger partial charge on any atom is 0.308 e. The lowest BCUT2D eigenvalue weighted by Crippen LogP contribution is -2.42. The van der Waals surface area contributed by atoms with Gasteiger partial charge in [-0.3, -0.25) is 9.59 Å². The van der Waals surface area contributed by atoms with Crippen LogP contribution in [0.25, 0.3) is 0 Å². The fourth-order valence-electron chi connectivity index (χ4n) is 1.93. The second-order valence-corrected chi connectivity index (χ2v) is 4.72. The molecular formula is C11H13NO3S. The molecule has 0 saturated carbocycles. The highest BCUT2D eigenvalue weighted by Gasteiger charge is 2.28. The molecule has 1 fully saturated rings. The number of piperidine rings is 1. The van der Waals surface area contributed by atoms with Crippen molar-refractivity contribution in [2.75, 3.05) is 13.1 Å². The Bertz CT molecular complexity index is 388. The first-order valence-corrected chi connectivity index (χ1v) is 6.17. The second-order valence-electron chi connectivity index (χ2n) is 3.94.